The fraction of sp³-hybridized carbons (Fsp3) is 0.625. The lowest BCUT2D eigenvalue weighted by molar-refractivity contribution is 0.297. The Morgan fingerprint density at radius 1 is 1.32 bits per heavy atom. The van der Waals surface area contributed by atoms with Gasteiger partial charge in [0.1, 0.15) is 5.75 Å². The minimum absolute atomic E-state index is 0.517. The predicted molar refractivity (Wildman–Crippen MR) is 79.7 cm³/mol. The Labute approximate surface area is 116 Å². The molecular formula is C16H26N2O. The van der Waals surface area contributed by atoms with Crippen molar-refractivity contribution in [1.82, 2.24) is 10.2 Å². The van der Waals surface area contributed by atoms with Gasteiger partial charge in [0.25, 0.3) is 0 Å². The highest BCUT2D eigenvalue weighted by Gasteiger charge is 2.14. The maximum atomic E-state index is 5.42. The fourth-order valence-electron chi connectivity index (χ4n) is 2.75. The largest absolute Gasteiger partial charge is 0.496 e. The summed E-state index contributed by atoms with van der Waals surface area (Å²) >= 11 is 0. The zero-order chi connectivity index (χ0) is 13.7. The highest BCUT2D eigenvalue weighted by atomic mass is 16.5. The molecular weight excluding hydrogens is 236 g/mol. The van der Waals surface area contributed by atoms with E-state index < -0.39 is 0 Å². The van der Waals surface area contributed by atoms with Crippen LogP contribution < -0.4 is 10.1 Å². The SMILES string of the molecule is COc1ccc(C)cc1CNC(C)CN1CCCC1. The number of ether oxygens (including phenoxy) is 1. The van der Waals surface area contributed by atoms with Crippen LogP contribution in [0.2, 0.25) is 0 Å². The molecule has 106 valence electrons. The minimum atomic E-state index is 0.517. The third kappa shape index (κ3) is 4.22. The van der Waals surface area contributed by atoms with Gasteiger partial charge < -0.3 is 15.0 Å². The van der Waals surface area contributed by atoms with E-state index in [0.717, 1.165) is 18.8 Å². The van der Waals surface area contributed by atoms with Gasteiger partial charge in [-0.15, -0.1) is 0 Å². The molecule has 3 nitrogen and oxygen atoms in total. The molecule has 0 aromatic heterocycles. The average molecular weight is 262 g/mol. The van der Waals surface area contributed by atoms with Crippen LogP contribution in [-0.4, -0.2) is 37.7 Å². The van der Waals surface area contributed by atoms with Gasteiger partial charge in [-0.25, -0.2) is 0 Å². The van der Waals surface area contributed by atoms with Gasteiger partial charge in [-0.1, -0.05) is 17.7 Å². The topological polar surface area (TPSA) is 24.5 Å². The summed E-state index contributed by atoms with van der Waals surface area (Å²) in [7, 11) is 1.74. The van der Waals surface area contributed by atoms with Crippen molar-refractivity contribution in [1.29, 1.82) is 0 Å². The first kappa shape index (κ1) is 14.4. The summed E-state index contributed by atoms with van der Waals surface area (Å²) < 4.78 is 5.42. The van der Waals surface area contributed by atoms with Crippen molar-refractivity contribution in [3.05, 3.63) is 29.3 Å². The van der Waals surface area contributed by atoms with Crippen molar-refractivity contribution in [2.75, 3.05) is 26.7 Å². The summed E-state index contributed by atoms with van der Waals surface area (Å²) in [6, 6.07) is 6.87. The van der Waals surface area contributed by atoms with Gasteiger partial charge in [-0.05, 0) is 45.8 Å². The molecule has 0 amide bonds. The normalized spacial score (nSPS) is 17.6. The Balaban J connectivity index is 1.85. The second-order valence-electron chi connectivity index (χ2n) is 5.60. The summed E-state index contributed by atoms with van der Waals surface area (Å²) in [4.78, 5) is 2.55. The van der Waals surface area contributed by atoms with Crippen LogP contribution in [0.1, 0.15) is 30.9 Å². The van der Waals surface area contributed by atoms with Crippen LogP contribution in [0.4, 0.5) is 0 Å². The number of hydrogen-bond donors (Lipinski definition) is 1. The first-order valence-electron chi connectivity index (χ1n) is 7.28. The molecule has 0 aliphatic carbocycles. The van der Waals surface area contributed by atoms with E-state index in [2.05, 4.69) is 42.3 Å². The number of rotatable bonds is 6. The molecule has 1 fully saturated rings. The first-order valence-corrected chi connectivity index (χ1v) is 7.28. The second-order valence-corrected chi connectivity index (χ2v) is 5.60. The average Bonchev–Trinajstić information content (AvgIpc) is 2.89. The second kappa shape index (κ2) is 6.92. The summed E-state index contributed by atoms with van der Waals surface area (Å²) in [6.07, 6.45) is 2.72. The molecule has 1 unspecified atom stereocenters. The van der Waals surface area contributed by atoms with E-state index in [1.54, 1.807) is 7.11 Å². The molecule has 1 aromatic rings. The smallest absolute Gasteiger partial charge is 0.123 e. The highest BCUT2D eigenvalue weighted by Crippen LogP contribution is 2.19. The summed E-state index contributed by atoms with van der Waals surface area (Å²) in [5.74, 6) is 0.978. The van der Waals surface area contributed by atoms with Crippen molar-refractivity contribution in [2.24, 2.45) is 0 Å². The predicted octanol–water partition coefficient (Wildman–Crippen LogP) is 2.58. The molecule has 1 aliphatic rings. The number of methoxy groups -OCH3 is 1. The lowest BCUT2D eigenvalue weighted by atomic mass is 10.1. The maximum Gasteiger partial charge on any atom is 0.123 e. The van der Waals surface area contributed by atoms with Crippen molar-refractivity contribution in [3.8, 4) is 5.75 Å². The zero-order valence-electron chi connectivity index (χ0n) is 12.4. The molecule has 0 bridgehead atoms. The van der Waals surface area contributed by atoms with Crippen LogP contribution >= 0.6 is 0 Å². The number of nitrogens with zero attached hydrogens (tertiary/aromatic N) is 1. The molecule has 0 spiro atoms. The van der Waals surface area contributed by atoms with Gasteiger partial charge >= 0.3 is 0 Å². The molecule has 3 heteroatoms. The zero-order valence-corrected chi connectivity index (χ0v) is 12.4. The molecule has 1 heterocycles. The number of likely N-dealkylation sites (tertiary alicyclic amines) is 1. The highest BCUT2D eigenvalue weighted by molar-refractivity contribution is 5.36. The van der Waals surface area contributed by atoms with E-state index in [4.69, 9.17) is 4.74 Å². The molecule has 1 N–H and O–H groups in total. The lowest BCUT2D eigenvalue weighted by Crippen LogP contribution is -2.37. The molecule has 1 aliphatic heterocycles. The molecule has 1 saturated heterocycles. The molecule has 1 atom stereocenters. The fourth-order valence-corrected chi connectivity index (χ4v) is 2.75. The van der Waals surface area contributed by atoms with Crippen LogP contribution in [0.15, 0.2) is 18.2 Å². The van der Waals surface area contributed by atoms with Crippen LogP contribution in [-0.2, 0) is 6.54 Å². The molecule has 2 rings (SSSR count). The van der Waals surface area contributed by atoms with Gasteiger partial charge in [0, 0.05) is 24.7 Å². The standard InChI is InChI=1S/C16H26N2O/c1-13-6-7-16(19-3)15(10-13)11-17-14(2)12-18-8-4-5-9-18/h6-7,10,14,17H,4-5,8-9,11-12H2,1-3H3. The lowest BCUT2D eigenvalue weighted by Gasteiger charge is -2.21. The van der Waals surface area contributed by atoms with Crippen LogP contribution in [0.25, 0.3) is 0 Å². The van der Waals surface area contributed by atoms with Crippen molar-refractivity contribution >= 4 is 0 Å². The van der Waals surface area contributed by atoms with Crippen molar-refractivity contribution < 1.29 is 4.74 Å². The molecule has 0 saturated carbocycles. The van der Waals surface area contributed by atoms with E-state index in [1.165, 1.54) is 37.1 Å². The van der Waals surface area contributed by atoms with E-state index in [-0.39, 0.29) is 0 Å². The van der Waals surface area contributed by atoms with E-state index >= 15 is 0 Å². The third-order valence-corrected chi connectivity index (χ3v) is 3.81. The van der Waals surface area contributed by atoms with E-state index in [9.17, 15) is 0 Å². The van der Waals surface area contributed by atoms with Crippen LogP contribution in [0.3, 0.4) is 0 Å². The monoisotopic (exact) mass is 262 g/mol. The summed E-state index contributed by atoms with van der Waals surface area (Å²) in [6.45, 7) is 8.94. The van der Waals surface area contributed by atoms with Gasteiger partial charge in [-0.3, -0.25) is 0 Å². The van der Waals surface area contributed by atoms with Crippen molar-refractivity contribution in [2.45, 2.75) is 39.3 Å². The number of hydrogen-bond acceptors (Lipinski definition) is 3. The summed E-state index contributed by atoms with van der Waals surface area (Å²) in [5.41, 5.74) is 2.53. The maximum absolute atomic E-state index is 5.42. The molecule has 0 radical (unpaired) electrons. The van der Waals surface area contributed by atoms with Crippen LogP contribution in [0.5, 0.6) is 5.75 Å². The third-order valence-electron chi connectivity index (χ3n) is 3.81. The van der Waals surface area contributed by atoms with Gasteiger partial charge in [0.2, 0.25) is 0 Å². The van der Waals surface area contributed by atoms with E-state index in [1.807, 2.05) is 0 Å². The Bertz CT molecular complexity index is 400. The first-order chi connectivity index (χ1) is 9.19. The van der Waals surface area contributed by atoms with Gasteiger partial charge in [-0.2, -0.15) is 0 Å². The Kier molecular flexibility index (Phi) is 5.23. The summed E-state index contributed by atoms with van der Waals surface area (Å²) in [5, 5.41) is 3.61. The molecule has 1 aromatic carbocycles. The Morgan fingerprint density at radius 3 is 2.74 bits per heavy atom. The number of benzene rings is 1. The van der Waals surface area contributed by atoms with Gasteiger partial charge in [0.15, 0.2) is 0 Å². The minimum Gasteiger partial charge on any atom is -0.496 e. The molecule has 19 heavy (non-hydrogen) atoms. The van der Waals surface area contributed by atoms with E-state index in [0.29, 0.717) is 6.04 Å². The van der Waals surface area contributed by atoms with Gasteiger partial charge in [0.05, 0.1) is 7.11 Å². The Morgan fingerprint density at radius 2 is 2.05 bits per heavy atom. The quantitative estimate of drug-likeness (QED) is 0.853. The van der Waals surface area contributed by atoms with Crippen molar-refractivity contribution in [3.63, 3.8) is 0 Å². The Hall–Kier alpha value is -1.06. The number of aryl methyl sites for hydroxylation is 1. The number of nitrogens with one attached hydrogen (secondary N) is 1. The van der Waals surface area contributed by atoms with Crippen LogP contribution in [0, 0.1) is 6.92 Å².